The van der Waals surface area contributed by atoms with Gasteiger partial charge in [0.2, 0.25) is 0 Å². The van der Waals surface area contributed by atoms with Crippen molar-refractivity contribution in [3.8, 4) is 0 Å². The predicted molar refractivity (Wildman–Crippen MR) is 98.5 cm³/mol. The number of para-hydroxylation sites is 1. The Labute approximate surface area is 156 Å². The van der Waals surface area contributed by atoms with Crippen molar-refractivity contribution in [2.75, 3.05) is 0 Å². The Hall–Kier alpha value is -2.22. The van der Waals surface area contributed by atoms with Crippen molar-refractivity contribution in [1.29, 1.82) is 0 Å². The van der Waals surface area contributed by atoms with Gasteiger partial charge in [0.05, 0.1) is 30.7 Å². The largest absolute Gasteiger partial charge is 0.315 e. The van der Waals surface area contributed by atoms with E-state index in [9.17, 15) is 14.9 Å². The molecule has 0 unspecified atom stereocenters. The lowest BCUT2D eigenvalue weighted by molar-refractivity contribution is -0.384. The molecule has 128 valence electrons. The number of aryl methyl sites for hydroxylation is 1. The van der Waals surface area contributed by atoms with E-state index >= 15 is 0 Å². The Morgan fingerprint density at radius 2 is 2.04 bits per heavy atom. The third kappa shape index (κ3) is 3.30. The summed E-state index contributed by atoms with van der Waals surface area (Å²) < 4.78 is 2.72. The maximum atomic E-state index is 12.5. The first-order chi connectivity index (χ1) is 11.9. The second-order valence-electron chi connectivity index (χ2n) is 5.05. The van der Waals surface area contributed by atoms with Crippen molar-refractivity contribution in [2.45, 2.75) is 13.5 Å². The smallest absolute Gasteiger partial charge is 0.281 e. The van der Waals surface area contributed by atoms with E-state index in [2.05, 4.69) is 4.99 Å². The molecule has 0 atom stereocenters. The summed E-state index contributed by atoms with van der Waals surface area (Å²) in [5, 5.41) is 11.6. The fourth-order valence-electron chi connectivity index (χ4n) is 2.40. The highest BCUT2D eigenvalue weighted by Crippen LogP contribution is 2.26. The van der Waals surface area contributed by atoms with Crippen molar-refractivity contribution < 1.29 is 9.72 Å². The number of nitro benzene ring substituents is 1. The van der Waals surface area contributed by atoms with Gasteiger partial charge in [-0.1, -0.05) is 40.6 Å². The summed E-state index contributed by atoms with van der Waals surface area (Å²) in [5.41, 5.74) is 0.570. The summed E-state index contributed by atoms with van der Waals surface area (Å²) in [4.78, 5) is 27.4. The van der Waals surface area contributed by atoms with Crippen LogP contribution in [0.15, 0.2) is 41.4 Å². The lowest BCUT2D eigenvalue weighted by atomic mass is 10.2. The molecule has 1 aromatic heterocycles. The second kappa shape index (κ2) is 6.95. The Balaban J connectivity index is 2.17. The zero-order valence-corrected chi connectivity index (χ0v) is 15.2. The number of carbonyl (C=O) groups excluding carboxylic acids is 1. The molecule has 1 heterocycles. The highest BCUT2D eigenvalue weighted by Gasteiger charge is 2.16. The summed E-state index contributed by atoms with van der Waals surface area (Å²) in [6.07, 6.45) is 0. The fraction of sp³-hybridized carbons (Fsp3) is 0.125. The van der Waals surface area contributed by atoms with Crippen LogP contribution in [0, 0.1) is 10.1 Å². The third-order valence-electron chi connectivity index (χ3n) is 3.56. The number of non-ortho nitro benzene ring substituents is 1. The van der Waals surface area contributed by atoms with Crippen molar-refractivity contribution in [1.82, 2.24) is 4.57 Å². The minimum Gasteiger partial charge on any atom is -0.315 e. The van der Waals surface area contributed by atoms with Gasteiger partial charge in [-0.05, 0) is 25.1 Å². The first-order valence-electron chi connectivity index (χ1n) is 7.23. The summed E-state index contributed by atoms with van der Waals surface area (Å²) >= 11 is 13.6. The molecule has 2 aromatic carbocycles. The molecular formula is C16H11Cl2N3O3S. The van der Waals surface area contributed by atoms with Gasteiger partial charge in [0.1, 0.15) is 0 Å². The standard InChI is InChI=1S/C16H11Cl2N3O3S/c1-2-20-14-12(18)4-3-5-13(14)25-16(20)19-15(22)10-8-9(21(23)24)6-7-11(10)17/h3-8H,2H2,1H3. The molecule has 25 heavy (non-hydrogen) atoms. The van der Waals surface area contributed by atoms with Crippen LogP contribution in [0.3, 0.4) is 0 Å². The molecule has 0 aliphatic rings. The van der Waals surface area contributed by atoms with Crippen molar-refractivity contribution >= 4 is 56.3 Å². The van der Waals surface area contributed by atoms with E-state index in [1.54, 1.807) is 6.07 Å². The number of aromatic nitrogens is 1. The fourth-order valence-corrected chi connectivity index (χ4v) is 4.05. The Bertz CT molecular complexity index is 1070. The Morgan fingerprint density at radius 1 is 1.28 bits per heavy atom. The lowest BCUT2D eigenvalue weighted by Crippen LogP contribution is -2.16. The number of nitrogens with zero attached hydrogens (tertiary/aromatic N) is 3. The molecule has 1 amide bonds. The average molecular weight is 396 g/mol. The van der Waals surface area contributed by atoms with Crippen molar-refractivity contribution in [3.05, 3.63) is 66.9 Å². The molecule has 0 spiro atoms. The zero-order chi connectivity index (χ0) is 18.1. The topological polar surface area (TPSA) is 77.5 Å². The van der Waals surface area contributed by atoms with E-state index in [0.717, 1.165) is 16.3 Å². The molecule has 0 bridgehead atoms. The van der Waals surface area contributed by atoms with Crippen LogP contribution in [0.2, 0.25) is 10.0 Å². The molecule has 0 aliphatic heterocycles. The number of amides is 1. The van der Waals surface area contributed by atoms with Crippen LogP contribution in [-0.4, -0.2) is 15.4 Å². The first kappa shape index (κ1) is 17.6. The van der Waals surface area contributed by atoms with Crippen molar-refractivity contribution in [3.63, 3.8) is 0 Å². The monoisotopic (exact) mass is 395 g/mol. The number of benzene rings is 2. The summed E-state index contributed by atoms with van der Waals surface area (Å²) in [6, 6.07) is 9.17. The van der Waals surface area contributed by atoms with E-state index in [1.165, 1.54) is 23.5 Å². The number of halogens is 2. The van der Waals surface area contributed by atoms with Crippen LogP contribution in [0.5, 0.6) is 0 Å². The van der Waals surface area contributed by atoms with Gasteiger partial charge >= 0.3 is 0 Å². The third-order valence-corrected chi connectivity index (χ3v) is 5.23. The molecule has 3 aromatic rings. The molecule has 0 N–H and O–H groups in total. The first-order valence-corrected chi connectivity index (χ1v) is 8.80. The molecule has 3 rings (SSSR count). The van der Waals surface area contributed by atoms with Crippen LogP contribution < -0.4 is 4.80 Å². The molecule has 0 fully saturated rings. The van der Waals surface area contributed by atoms with Gasteiger partial charge in [-0.25, -0.2) is 0 Å². The highest BCUT2D eigenvalue weighted by atomic mass is 35.5. The van der Waals surface area contributed by atoms with Gasteiger partial charge in [0.15, 0.2) is 4.80 Å². The van der Waals surface area contributed by atoms with Crippen LogP contribution in [0.4, 0.5) is 5.69 Å². The van der Waals surface area contributed by atoms with E-state index in [-0.39, 0.29) is 16.3 Å². The van der Waals surface area contributed by atoms with E-state index in [4.69, 9.17) is 23.2 Å². The molecule has 0 aliphatic carbocycles. The van der Waals surface area contributed by atoms with E-state index in [0.29, 0.717) is 16.4 Å². The van der Waals surface area contributed by atoms with Gasteiger partial charge in [-0.3, -0.25) is 14.9 Å². The summed E-state index contributed by atoms with van der Waals surface area (Å²) in [6.45, 7) is 2.48. The molecule has 0 radical (unpaired) electrons. The molecular weight excluding hydrogens is 385 g/mol. The maximum absolute atomic E-state index is 12.5. The van der Waals surface area contributed by atoms with Gasteiger partial charge in [-0.2, -0.15) is 4.99 Å². The Morgan fingerprint density at radius 3 is 2.72 bits per heavy atom. The van der Waals surface area contributed by atoms with Crippen molar-refractivity contribution in [2.24, 2.45) is 4.99 Å². The van der Waals surface area contributed by atoms with Crippen LogP contribution >= 0.6 is 34.5 Å². The highest BCUT2D eigenvalue weighted by molar-refractivity contribution is 7.16. The maximum Gasteiger partial charge on any atom is 0.281 e. The summed E-state index contributed by atoms with van der Waals surface area (Å²) in [5.74, 6) is -0.640. The SMILES string of the molecule is CCn1c(=NC(=O)c2cc([N+](=O)[O-])ccc2Cl)sc2cccc(Cl)c21. The number of hydrogen-bond acceptors (Lipinski definition) is 4. The molecule has 6 nitrogen and oxygen atoms in total. The quantitative estimate of drug-likeness (QED) is 0.477. The van der Waals surface area contributed by atoms with Crippen LogP contribution in [0.1, 0.15) is 17.3 Å². The number of hydrogen-bond donors (Lipinski definition) is 0. The zero-order valence-electron chi connectivity index (χ0n) is 12.9. The minimum atomic E-state index is -0.640. The minimum absolute atomic E-state index is 0.0120. The van der Waals surface area contributed by atoms with E-state index < -0.39 is 10.8 Å². The molecule has 9 heteroatoms. The Kier molecular flexibility index (Phi) is 4.89. The predicted octanol–water partition coefficient (Wildman–Crippen LogP) is 4.68. The molecule has 0 saturated carbocycles. The van der Waals surface area contributed by atoms with Crippen LogP contribution in [0.25, 0.3) is 10.2 Å². The lowest BCUT2D eigenvalue weighted by Gasteiger charge is -2.02. The molecule has 0 saturated heterocycles. The van der Waals surface area contributed by atoms with Gasteiger partial charge in [0.25, 0.3) is 11.6 Å². The number of thiazole rings is 1. The average Bonchev–Trinajstić information content (AvgIpc) is 2.93. The van der Waals surface area contributed by atoms with Crippen LogP contribution in [-0.2, 0) is 6.54 Å². The number of nitro groups is 1. The normalized spacial score (nSPS) is 11.9. The number of rotatable bonds is 3. The van der Waals surface area contributed by atoms with Gasteiger partial charge < -0.3 is 4.57 Å². The van der Waals surface area contributed by atoms with Gasteiger partial charge in [0, 0.05) is 18.7 Å². The number of fused-ring (bicyclic) bond motifs is 1. The number of carbonyl (C=O) groups is 1. The van der Waals surface area contributed by atoms with Gasteiger partial charge in [-0.15, -0.1) is 0 Å². The van der Waals surface area contributed by atoms with E-state index in [1.807, 2.05) is 23.6 Å². The second-order valence-corrected chi connectivity index (χ2v) is 6.88. The summed E-state index contributed by atoms with van der Waals surface area (Å²) in [7, 11) is 0.